The Kier molecular flexibility index (Phi) is 16.7. The van der Waals surface area contributed by atoms with Gasteiger partial charge in [0, 0.05) is 38.0 Å². The molecule has 16 atom stereocenters. The molecular formula is C53H69NO21. The Bertz CT molecular complexity index is 2480. The maximum absolute atomic E-state index is 16.2. The second-order valence-electron chi connectivity index (χ2n) is 21.7. The summed E-state index contributed by atoms with van der Waals surface area (Å²) in [5.41, 5.74) is -8.00. The monoisotopic (exact) mass is 1060 g/mol. The third kappa shape index (κ3) is 11.0. The number of aliphatic hydroxyl groups excluding tert-OH is 5. The molecule has 3 aliphatic carbocycles. The van der Waals surface area contributed by atoms with Gasteiger partial charge in [-0.25, -0.2) is 14.4 Å². The van der Waals surface area contributed by atoms with Crippen molar-refractivity contribution in [2.45, 2.75) is 172 Å². The number of esters is 4. The number of hydrogen-bond donors (Lipinski definition) is 7. The number of alkyl carbamates (subject to hydrolysis) is 1. The maximum Gasteiger partial charge on any atom is 0.408 e. The first-order valence-electron chi connectivity index (χ1n) is 24.8. The minimum atomic E-state index is -2.35. The van der Waals surface area contributed by atoms with Crippen LogP contribution in [0.3, 0.4) is 0 Å². The fourth-order valence-corrected chi connectivity index (χ4v) is 11.6. The normalized spacial score (nSPS) is 34.9. The molecule has 1 unspecified atom stereocenters. The average Bonchev–Trinajstić information content (AvgIpc) is 3.33. The van der Waals surface area contributed by atoms with Gasteiger partial charge in [-0.15, -0.1) is 0 Å². The summed E-state index contributed by atoms with van der Waals surface area (Å²) in [6.07, 6.45) is -20.4. The van der Waals surface area contributed by atoms with E-state index in [-0.39, 0.29) is 30.8 Å². The Labute approximate surface area is 433 Å². The molecule has 22 nitrogen and oxygen atoms in total. The summed E-state index contributed by atoms with van der Waals surface area (Å²) in [7, 11) is 0. The Balaban J connectivity index is 1.36. The lowest BCUT2D eigenvalue weighted by molar-refractivity contribution is -0.352. The summed E-state index contributed by atoms with van der Waals surface area (Å²) in [4.78, 5) is 84.7. The molecule has 2 aromatic rings. The molecule has 4 fully saturated rings. The number of fused-ring (bicyclic) bond motifs is 5. The molecule has 2 saturated heterocycles. The molecule has 2 aromatic carbocycles. The average molecular weight is 1060 g/mol. The Morgan fingerprint density at radius 3 is 2.08 bits per heavy atom. The first kappa shape index (κ1) is 57.3. The van der Waals surface area contributed by atoms with Gasteiger partial charge in [-0.3, -0.25) is 14.4 Å². The molecule has 22 heteroatoms. The molecule has 412 valence electrons. The van der Waals surface area contributed by atoms with Crippen molar-refractivity contribution >= 4 is 35.8 Å². The van der Waals surface area contributed by atoms with Crippen molar-refractivity contribution < 1.29 is 102 Å². The largest absolute Gasteiger partial charge is 0.459 e. The van der Waals surface area contributed by atoms with Crippen LogP contribution >= 0.6 is 0 Å². The van der Waals surface area contributed by atoms with E-state index in [0.717, 1.165) is 13.8 Å². The van der Waals surface area contributed by atoms with Gasteiger partial charge in [0.05, 0.1) is 37.4 Å². The van der Waals surface area contributed by atoms with Crippen molar-refractivity contribution in [3.8, 4) is 0 Å². The number of aliphatic hydroxyl groups is 6. The van der Waals surface area contributed by atoms with Crippen LogP contribution in [0.15, 0.2) is 71.8 Å². The van der Waals surface area contributed by atoms with Crippen molar-refractivity contribution in [3.63, 3.8) is 0 Å². The topological polar surface area (TPSA) is 319 Å². The molecule has 5 aliphatic rings. The van der Waals surface area contributed by atoms with Gasteiger partial charge in [0.1, 0.15) is 60.5 Å². The van der Waals surface area contributed by atoms with Crippen LogP contribution in [0.5, 0.6) is 0 Å². The highest BCUT2D eigenvalue weighted by Gasteiger charge is 2.78. The first-order chi connectivity index (χ1) is 35.1. The third-order valence-electron chi connectivity index (χ3n) is 15.3. The second-order valence-corrected chi connectivity index (χ2v) is 21.7. The standard InChI is InChI=1S/C53H69NO21/c1-26-31(71-46(64)39(60)37(30-18-14-11-15-19-30)54-48(65)75-49(4,5)6)21-53(66)45(67-23-29-16-12-10-13-17-29)43-51(9,44(63)42(70-27(2)56)36(26)50(53,7)8)33(20-34-52(43,25-69-34)74-28(3)57)73-35(58)24-68-47-41(62)40(61)38(59)32(22-55)72-47/h10-19,31-34,37-43,45,47,55,59-62,66H,20-25H2,1-9H3,(H,54,65)/t31-,32+,33-,34+,37-,38-,39+,40+,41+,42+,43-,45-,47?,51+,52-,53+/m0/s1. The lowest BCUT2D eigenvalue weighted by Crippen LogP contribution is -2.82. The zero-order valence-corrected chi connectivity index (χ0v) is 43.3. The van der Waals surface area contributed by atoms with E-state index in [1.807, 2.05) is 0 Å². The number of Topliss-reactive ketones (excluding diaryl/α,β-unsaturated/α-hetero) is 1. The third-order valence-corrected chi connectivity index (χ3v) is 15.3. The van der Waals surface area contributed by atoms with Gasteiger partial charge in [-0.1, -0.05) is 74.5 Å². The molecule has 2 saturated carbocycles. The van der Waals surface area contributed by atoms with Crippen LogP contribution in [0.1, 0.15) is 92.3 Å². The molecule has 0 radical (unpaired) electrons. The summed E-state index contributed by atoms with van der Waals surface area (Å²) >= 11 is 0. The fraction of sp³-hybridized carbons (Fsp3) is 0.623. The number of benzene rings is 2. The van der Waals surface area contributed by atoms with Crippen LogP contribution in [0.2, 0.25) is 0 Å². The van der Waals surface area contributed by atoms with Crippen molar-refractivity contribution in [3.05, 3.63) is 82.9 Å². The van der Waals surface area contributed by atoms with Crippen LogP contribution in [0, 0.1) is 16.7 Å². The molecule has 0 aromatic heterocycles. The predicted molar refractivity (Wildman–Crippen MR) is 256 cm³/mol. The molecular weight excluding hydrogens is 987 g/mol. The second kappa shape index (κ2) is 21.9. The van der Waals surface area contributed by atoms with E-state index in [4.69, 9.17) is 42.6 Å². The first-order valence-corrected chi connectivity index (χ1v) is 24.8. The van der Waals surface area contributed by atoms with E-state index >= 15 is 4.79 Å². The Hall–Kier alpha value is -5.40. The minimum absolute atomic E-state index is 0.0345. The number of carbonyl (C=O) groups is 6. The lowest BCUT2D eigenvalue weighted by atomic mass is 9.44. The summed E-state index contributed by atoms with van der Waals surface area (Å²) in [6.45, 7) is 10.8. The lowest BCUT2D eigenvalue weighted by Gasteiger charge is -2.68. The molecule has 75 heavy (non-hydrogen) atoms. The Morgan fingerprint density at radius 1 is 0.867 bits per heavy atom. The van der Waals surface area contributed by atoms with Gasteiger partial charge in [0.25, 0.3) is 0 Å². The number of nitrogens with one attached hydrogen (secondary N) is 1. The van der Waals surface area contributed by atoms with Crippen molar-refractivity contribution in [1.82, 2.24) is 5.32 Å². The fourth-order valence-electron chi connectivity index (χ4n) is 11.6. The molecule has 7 rings (SSSR count). The zero-order valence-electron chi connectivity index (χ0n) is 43.3. The van der Waals surface area contributed by atoms with Gasteiger partial charge in [0.2, 0.25) is 0 Å². The Morgan fingerprint density at radius 2 is 1.51 bits per heavy atom. The van der Waals surface area contributed by atoms with Crippen LogP contribution in [-0.4, -0.2) is 170 Å². The van der Waals surface area contributed by atoms with Crippen molar-refractivity contribution in [1.29, 1.82) is 0 Å². The van der Waals surface area contributed by atoms with Gasteiger partial charge in [0.15, 0.2) is 29.9 Å². The molecule has 1 amide bonds. The number of amides is 1. The van der Waals surface area contributed by atoms with Crippen molar-refractivity contribution in [2.75, 3.05) is 19.8 Å². The summed E-state index contributed by atoms with van der Waals surface area (Å²) in [5.74, 6) is -6.69. The number of carbonyl (C=O) groups excluding carboxylic acids is 6. The van der Waals surface area contributed by atoms with E-state index in [9.17, 15) is 54.6 Å². The number of ketones is 1. The minimum Gasteiger partial charge on any atom is -0.459 e. The molecule has 0 spiro atoms. The summed E-state index contributed by atoms with van der Waals surface area (Å²) in [5, 5.41) is 69.5. The highest BCUT2D eigenvalue weighted by Crippen LogP contribution is 2.65. The summed E-state index contributed by atoms with van der Waals surface area (Å²) < 4.78 is 53.9. The molecule has 2 heterocycles. The predicted octanol–water partition coefficient (Wildman–Crippen LogP) is 1.56. The van der Waals surface area contributed by atoms with Crippen LogP contribution in [0.4, 0.5) is 4.79 Å². The van der Waals surface area contributed by atoms with E-state index in [0.29, 0.717) is 11.1 Å². The van der Waals surface area contributed by atoms with Gasteiger partial charge in [-0.2, -0.15) is 0 Å². The van der Waals surface area contributed by atoms with Crippen LogP contribution in [0.25, 0.3) is 0 Å². The highest BCUT2D eigenvalue weighted by atomic mass is 16.7. The van der Waals surface area contributed by atoms with Crippen LogP contribution in [-0.2, 0) is 73.2 Å². The highest BCUT2D eigenvalue weighted by molar-refractivity contribution is 5.95. The van der Waals surface area contributed by atoms with E-state index < -0.39 is 162 Å². The molecule has 2 aliphatic heterocycles. The van der Waals surface area contributed by atoms with Gasteiger partial charge in [-0.05, 0) is 56.9 Å². The maximum atomic E-state index is 16.2. The molecule has 2 bridgehead atoms. The van der Waals surface area contributed by atoms with E-state index in [2.05, 4.69) is 5.32 Å². The SMILES string of the molecule is CC(=O)O[C@H]1C(=O)[C@]2(C)[C@@H](OC(=O)COC3O[C@H](CO)[C@H](O)[C@@H](O)[C@H]3O)C[C@H]3OC[C@@]3(OC(C)=O)[C@H]2[C@H](OCc2ccccc2)[C@]2(O)C[C@H](OC(=O)[C@H](O)[C@@H](NC(=O)OC(C)(C)C)c3ccccc3)C(C)=C1C2(C)C. The van der Waals surface area contributed by atoms with Gasteiger partial charge < -0.3 is 78.6 Å². The number of ether oxygens (including phenoxy) is 9. The number of hydrogen-bond acceptors (Lipinski definition) is 21. The summed E-state index contributed by atoms with van der Waals surface area (Å²) in [6, 6.07) is 15.4. The molecule has 7 N–H and O–H groups in total. The quantitative estimate of drug-likeness (QED) is 0.0756. The van der Waals surface area contributed by atoms with Crippen LogP contribution < -0.4 is 5.32 Å². The zero-order chi connectivity index (χ0) is 55.2. The van der Waals surface area contributed by atoms with Gasteiger partial charge >= 0.3 is 30.0 Å². The number of rotatable bonds is 15. The van der Waals surface area contributed by atoms with E-state index in [1.54, 1.807) is 95.3 Å². The smallest absolute Gasteiger partial charge is 0.408 e. The van der Waals surface area contributed by atoms with Crippen molar-refractivity contribution in [2.24, 2.45) is 16.7 Å². The van der Waals surface area contributed by atoms with E-state index in [1.165, 1.54) is 13.8 Å².